The summed E-state index contributed by atoms with van der Waals surface area (Å²) in [4.78, 5) is 14.9. The molecule has 1 aliphatic rings. The van der Waals surface area contributed by atoms with Crippen molar-refractivity contribution in [2.75, 3.05) is 11.9 Å². The van der Waals surface area contributed by atoms with Crippen molar-refractivity contribution in [2.45, 2.75) is 37.9 Å². The highest BCUT2D eigenvalue weighted by Gasteiger charge is 2.32. The molecule has 110 valence electrons. The van der Waals surface area contributed by atoms with Crippen LogP contribution in [0, 0.1) is 0 Å². The van der Waals surface area contributed by atoms with Gasteiger partial charge in [-0.1, -0.05) is 6.07 Å². The van der Waals surface area contributed by atoms with Gasteiger partial charge in [0, 0.05) is 19.0 Å². The number of alkyl halides is 3. The van der Waals surface area contributed by atoms with Crippen LogP contribution in [0.3, 0.4) is 0 Å². The van der Waals surface area contributed by atoms with Gasteiger partial charge in [-0.2, -0.15) is 13.2 Å². The van der Waals surface area contributed by atoms with Crippen LogP contribution in [0.5, 0.6) is 0 Å². The Morgan fingerprint density at radius 3 is 2.75 bits per heavy atom. The third-order valence-corrected chi connectivity index (χ3v) is 2.87. The molecule has 1 aromatic rings. The lowest BCUT2D eigenvalue weighted by Crippen LogP contribution is -2.25. The molecule has 0 bridgehead atoms. The van der Waals surface area contributed by atoms with E-state index in [1.54, 1.807) is 0 Å². The fraction of sp³-hybridized carbons (Fsp3) is 0.538. The maximum atomic E-state index is 12.4. The number of carbonyl (C=O) groups excluding carboxylic acids is 1. The molecule has 0 unspecified atom stereocenters. The Bertz CT molecular complexity index is 472. The van der Waals surface area contributed by atoms with Crippen molar-refractivity contribution in [1.82, 2.24) is 10.3 Å². The van der Waals surface area contributed by atoms with Gasteiger partial charge >= 0.3 is 6.18 Å². The van der Waals surface area contributed by atoms with E-state index in [0.717, 1.165) is 18.9 Å². The van der Waals surface area contributed by atoms with Gasteiger partial charge in [0.05, 0.1) is 0 Å². The van der Waals surface area contributed by atoms with Crippen molar-refractivity contribution in [3.63, 3.8) is 0 Å². The highest BCUT2D eigenvalue weighted by atomic mass is 19.4. The molecule has 1 amide bonds. The maximum Gasteiger partial charge on any atom is 0.433 e. The molecule has 7 heteroatoms. The zero-order chi connectivity index (χ0) is 14.6. The number of hydrogen-bond acceptors (Lipinski definition) is 3. The van der Waals surface area contributed by atoms with Crippen LogP contribution in [-0.4, -0.2) is 23.5 Å². The fourth-order valence-electron chi connectivity index (χ4n) is 1.68. The van der Waals surface area contributed by atoms with Gasteiger partial charge in [-0.3, -0.25) is 4.79 Å². The van der Waals surface area contributed by atoms with E-state index in [-0.39, 0.29) is 11.7 Å². The molecule has 0 atom stereocenters. The highest BCUT2D eigenvalue weighted by molar-refractivity contribution is 5.76. The second kappa shape index (κ2) is 6.11. The smallest absolute Gasteiger partial charge is 0.370 e. The maximum absolute atomic E-state index is 12.4. The van der Waals surface area contributed by atoms with Crippen LogP contribution in [0.25, 0.3) is 0 Å². The third-order valence-electron chi connectivity index (χ3n) is 2.87. The largest absolute Gasteiger partial charge is 0.433 e. The van der Waals surface area contributed by atoms with Gasteiger partial charge in [-0.25, -0.2) is 4.98 Å². The molecule has 0 radical (unpaired) electrons. The van der Waals surface area contributed by atoms with Crippen molar-refractivity contribution in [2.24, 2.45) is 0 Å². The van der Waals surface area contributed by atoms with E-state index < -0.39 is 11.9 Å². The Hall–Kier alpha value is -1.79. The van der Waals surface area contributed by atoms with Gasteiger partial charge in [-0.15, -0.1) is 0 Å². The van der Waals surface area contributed by atoms with Gasteiger partial charge in [0.2, 0.25) is 5.91 Å². The summed E-state index contributed by atoms with van der Waals surface area (Å²) in [5.41, 5.74) is -0.922. The van der Waals surface area contributed by atoms with Crippen molar-refractivity contribution in [3.05, 3.63) is 23.9 Å². The molecule has 4 nitrogen and oxygen atoms in total. The van der Waals surface area contributed by atoms with E-state index >= 15 is 0 Å². The van der Waals surface area contributed by atoms with Crippen LogP contribution < -0.4 is 10.6 Å². The summed E-state index contributed by atoms with van der Waals surface area (Å²) in [5, 5.41) is 5.64. The Labute approximate surface area is 114 Å². The van der Waals surface area contributed by atoms with Gasteiger partial charge in [0.15, 0.2) is 0 Å². The quantitative estimate of drug-likeness (QED) is 0.791. The predicted octanol–water partition coefficient (Wildman–Crippen LogP) is 2.57. The standard InChI is InChI=1S/C13H16F3N3O/c14-13(15,16)10-3-1-4-11(19-10)17-8-2-5-12(20)18-9-6-7-9/h1,3-4,9H,2,5-8H2,(H,17,19)(H,18,20). The van der Waals surface area contributed by atoms with E-state index in [1.165, 1.54) is 12.1 Å². The second-order valence-corrected chi connectivity index (χ2v) is 4.78. The number of amides is 1. The number of nitrogens with zero attached hydrogens (tertiary/aromatic N) is 1. The summed E-state index contributed by atoms with van der Waals surface area (Å²) < 4.78 is 37.3. The molecule has 1 aliphatic carbocycles. The molecule has 1 fully saturated rings. The summed E-state index contributed by atoms with van der Waals surface area (Å²) in [5.74, 6) is 0.161. The van der Waals surface area contributed by atoms with Crippen LogP contribution in [0.15, 0.2) is 18.2 Å². The Balaban J connectivity index is 1.72. The molecule has 20 heavy (non-hydrogen) atoms. The summed E-state index contributed by atoms with van der Waals surface area (Å²) in [6.45, 7) is 0.409. The molecule has 1 aromatic heterocycles. The van der Waals surface area contributed by atoms with Crippen LogP contribution in [-0.2, 0) is 11.0 Å². The first-order chi connectivity index (χ1) is 9.45. The van der Waals surface area contributed by atoms with E-state index in [2.05, 4.69) is 15.6 Å². The highest BCUT2D eigenvalue weighted by Crippen LogP contribution is 2.28. The molecular formula is C13H16F3N3O. The number of carbonyl (C=O) groups is 1. The summed E-state index contributed by atoms with van der Waals surface area (Å²) in [7, 11) is 0. The zero-order valence-electron chi connectivity index (χ0n) is 10.8. The molecule has 2 rings (SSSR count). The minimum Gasteiger partial charge on any atom is -0.370 e. The summed E-state index contributed by atoms with van der Waals surface area (Å²) in [6, 6.07) is 4.03. The Morgan fingerprint density at radius 2 is 2.10 bits per heavy atom. The lowest BCUT2D eigenvalue weighted by molar-refractivity contribution is -0.141. The predicted molar refractivity (Wildman–Crippen MR) is 68.1 cm³/mol. The zero-order valence-corrected chi connectivity index (χ0v) is 10.8. The first kappa shape index (κ1) is 14.6. The lowest BCUT2D eigenvalue weighted by Gasteiger charge is -2.09. The monoisotopic (exact) mass is 287 g/mol. The summed E-state index contributed by atoms with van der Waals surface area (Å²) >= 11 is 0. The number of rotatable bonds is 6. The van der Waals surface area contributed by atoms with Gasteiger partial charge in [0.1, 0.15) is 11.5 Å². The van der Waals surface area contributed by atoms with E-state index in [0.29, 0.717) is 25.4 Å². The Morgan fingerprint density at radius 1 is 1.35 bits per heavy atom. The number of aromatic nitrogens is 1. The molecule has 1 saturated carbocycles. The SMILES string of the molecule is O=C(CCCNc1cccc(C(F)(F)F)n1)NC1CC1. The van der Waals surface area contributed by atoms with Crippen molar-refractivity contribution >= 4 is 11.7 Å². The average molecular weight is 287 g/mol. The number of halogens is 3. The molecule has 0 saturated heterocycles. The first-order valence-corrected chi connectivity index (χ1v) is 6.52. The van der Waals surface area contributed by atoms with Crippen LogP contribution in [0.2, 0.25) is 0 Å². The molecule has 0 aliphatic heterocycles. The van der Waals surface area contributed by atoms with Crippen LogP contribution in [0.4, 0.5) is 19.0 Å². The van der Waals surface area contributed by atoms with E-state index in [1.807, 2.05) is 0 Å². The van der Waals surface area contributed by atoms with E-state index in [9.17, 15) is 18.0 Å². The molecule has 2 N–H and O–H groups in total. The van der Waals surface area contributed by atoms with Gasteiger partial charge in [0.25, 0.3) is 0 Å². The molecule has 1 heterocycles. The van der Waals surface area contributed by atoms with Crippen LogP contribution >= 0.6 is 0 Å². The van der Waals surface area contributed by atoms with Crippen molar-refractivity contribution in [1.29, 1.82) is 0 Å². The lowest BCUT2D eigenvalue weighted by atomic mass is 10.3. The Kier molecular flexibility index (Phi) is 4.46. The minimum absolute atomic E-state index is 0.00805. The van der Waals surface area contributed by atoms with E-state index in [4.69, 9.17) is 0 Å². The average Bonchev–Trinajstić information content (AvgIpc) is 3.18. The van der Waals surface area contributed by atoms with Crippen molar-refractivity contribution in [3.8, 4) is 0 Å². The van der Waals surface area contributed by atoms with Crippen LogP contribution in [0.1, 0.15) is 31.4 Å². The molecule has 0 aromatic carbocycles. The molecule has 0 spiro atoms. The third kappa shape index (κ3) is 4.71. The van der Waals surface area contributed by atoms with Gasteiger partial charge in [-0.05, 0) is 31.4 Å². The summed E-state index contributed by atoms with van der Waals surface area (Å²) in [6.07, 6.45) is -1.45. The van der Waals surface area contributed by atoms with Gasteiger partial charge < -0.3 is 10.6 Å². The van der Waals surface area contributed by atoms with Crippen molar-refractivity contribution < 1.29 is 18.0 Å². The normalized spacial score (nSPS) is 14.9. The minimum atomic E-state index is -4.44. The molecular weight excluding hydrogens is 271 g/mol. The number of anilines is 1. The number of hydrogen-bond donors (Lipinski definition) is 2. The fourth-order valence-corrected chi connectivity index (χ4v) is 1.68. The topological polar surface area (TPSA) is 54.0 Å². The second-order valence-electron chi connectivity index (χ2n) is 4.78. The first-order valence-electron chi connectivity index (χ1n) is 6.52. The number of pyridine rings is 1. The number of nitrogens with one attached hydrogen (secondary N) is 2.